The van der Waals surface area contributed by atoms with E-state index in [0.717, 1.165) is 39.0 Å². The maximum Gasteiger partial charge on any atom is 0.251 e. The van der Waals surface area contributed by atoms with Crippen LogP contribution in [-0.4, -0.2) is 39.4 Å². The highest BCUT2D eigenvalue weighted by Crippen LogP contribution is 2.24. The van der Waals surface area contributed by atoms with E-state index in [1.54, 1.807) is 24.5 Å². The van der Waals surface area contributed by atoms with Crippen LogP contribution in [0.5, 0.6) is 0 Å². The fraction of sp³-hybridized carbons (Fsp3) is 0.278. The monoisotopic (exact) mass is 603 g/mol. The molecule has 0 aliphatic carbocycles. The third-order valence-electron chi connectivity index (χ3n) is 7.79. The van der Waals surface area contributed by atoms with E-state index < -0.39 is 6.04 Å². The van der Waals surface area contributed by atoms with Crippen LogP contribution in [0.4, 0.5) is 0 Å². The maximum atomic E-state index is 13.6. The molecule has 3 aromatic carbocycles. The molecule has 2 amide bonds. The van der Waals surface area contributed by atoms with Gasteiger partial charge in [-0.3, -0.25) is 14.6 Å². The van der Waals surface area contributed by atoms with Crippen LogP contribution in [0, 0.1) is 6.92 Å². The second-order valence-electron chi connectivity index (χ2n) is 11.3. The number of rotatable bonds is 15. The largest absolute Gasteiger partial charge is 0.348 e. The zero-order chi connectivity index (χ0) is 31.4. The summed E-state index contributed by atoms with van der Waals surface area (Å²) in [4.78, 5) is 38.7. The van der Waals surface area contributed by atoms with Crippen LogP contribution < -0.4 is 21.3 Å². The van der Waals surface area contributed by atoms with Crippen molar-refractivity contribution in [2.75, 3.05) is 6.54 Å². The number of nitrogens with zero attached hydrogens (tertiary/aromatic N) is 2. The van der Waals surface area contributed by atoms with Crippen molar-refractivity contribution in [2.24, 2.45) is 0 Å². The maximum absolute atomic E-state index is 13.6. The predicted molar refractivity (Wildman–Crippen MR) is 177 cm³/mol. The van der Waals surface area contributed by atoms with Crippen molar-refractivity contribution in [3.8, 4) is 0 Å². The van der Waals surface area contributed by atoms with E-state index in [-0.39, 0.29) is 17.9 Å². The number of aromatic amines is 1. The fourth-order valence-corrected chi connectivity index (χ4v) is 5.27. The molecule has 0 saturated carbocycles. The van der Waals surface area contributed by atoms with Gasteiger partial charge in [0.15, 0.2) is 0 Å². The first-order valence-electron chi connectivity index (χ1n) is 15.5. The van der Waals surface area contributed by atoms with Gasteiger partial charge < -0.3 is 26.3 Å². The number of imidazole rings is 1. The van der Waals surface area contributed by atoms with Gasteiger partial charge in [-0.1, -0.05) is 60.7 Å². The molecule has 0 fully saturated rings. The minimum atomic E-state index is -0.691. The average molecular weight is 604 g/mol. The topological polar surface area (TPSA) is 124 Å². The summed E-state index contributed by atoms with van der Waals surface area (Å²) in [6, 6.07) is 24.8. The number of nitrogens with one attached hydrogen (secondary N) is 5. The molecule has 5 rings (SSSR count). The molecule has 9 nitrogen and oxygen atoms in total. The van der Waals surface area contributed by atoms with Crippen LogP contribution in [-0.2, 0) is 24.4 Å². The highest BCUT2D eigenvalue weighted by atomic mass is 16.2. The summed E-state index contributed by atoms with van der Waals surface area (Å²) < 4.78 is 0. The molecule has 2 heterocycles. The summed E-state index contributed by atoms with van der Waals surface area (Å²) >= 11 is 0. The van der Waals surface area contributed by atoms with Crippen molar-refractivity contribution < 1.29 is 9.59 Å². The summed E-state index contributed by atoms with van der Waals surface area (Å²) in [5.41, 5.74) is 4.68. The van der Waals surface area contributed by atoms with Gasteiger partial charge in [0.05, 0.1) is 18.3 Å². The lowest BCUT2D eigenvalue weighted by Gasteiger charge is -2.23. The number of hydrogen-bond acceptors (Lipinski definition) is 6. The minimum Gasteiger partial charge on any atom is -0.348 e. The quantitative estimate of drug-likeness (QED) is 0.106. The van der Waals surface area contributed by atoms with Crippen molar-refractivity contribution in [1.29, 1.82) is 0 Å². The number of carbonyl (C=O) groups is 2. The Labute approximate surface area is 264 Å². The predicted octanol–water partition coefficient (Wildman–Crippen LogP) is 5.10. The Morgan fingerprint density at radius 1 is 0.844 bits per heavy atom. The van der Waals surface area contributed by atoms with Crippen LogP contribution >= 0.6 is 0 Å². The number of carbonyl (C=O) groups excluding carboxylic acids is 2. The molecule has 0 aliphatic rings. The smallest absolute Gasteiger partial charge is 0.251 e. The van der Waals surface area contributed by atoms with Crippen LogP contribution in [0.1, 0.15) is 64.4 Å². The van der Waals surface area contributed by atoms with Crippen molar-refractivity contribution in [1.82, 2.24) is 36.2 Å². The minimum absolute atomic E-state index is 0.206. The first kappa shape index (κ1) is 31.6. The summed E-state index contributed by atoms with van der Waals surface area (Å²) in [6.45, 7) is 6.59. The van der Waals surface area contributed by atoms with Gasteiger partial charge in [-0.05, 0) is 78.9 Å². The van der Waals surface area contributed by atoms with E-state index in [1.165, 1.54) is 0 Å². The van der Waals surface area contributed by atoms with Crippen molar-refractivity contribution in [2.45, 2.75) is 58.4 Å². The van der Waals surface area contributed by atoms with Crippen molar-refractivity contribution >= 4 is 22.6 Å². The Kier molecular flexibility index (Phi) is 11.0. The molecule has 9 heteroatoms. The second-order valence-corrected chi connectivity index (χ2v) is 11.3. The van der Waals surface area contributed by atoms with Crippen LogP contribution in [0.15, 0.2) is 97.5 Å². The number of amides is 2. The normalized spacial score (nSPS) is 12.5. The van der Waals surface area contributed by atoms with Gasteiger partial charge >= 0.3 is 0 Å². The molecular weight excluding hydrogens is 562 g/mol. The number of hydrogen-bond donors (Lipinski definition) is 5. The zero-order valence-corrected chi connectivity index (χ0v) is 25.8. The van der Waals surface area contributed by atoms with E-state index in [2.05, 4.69) is 54.4 Å². The Morgan fingerprint density at radius 2 is 1.67 bits per heavy atom. The van der Waals surface area contributed by atoms with Gasteiger partial charge in [0.25, 0.3) is 5.91 Å². The van der Waals surface area contributed by atoms with Gasteiger partial charge in [0.1, 0.15) is 11.9 Å². The van der Waals surface area contributed by atoms with Crippen LogP contribution in [0.2, 0.25) is 0 Å². The van der Waals surface area contributed by atoms with Crippen molar-refractivity contribution in [3.63, 3.8) is 0 Å². The van der Waals surface area contributed by atoms with Crippen molar-refractivity contribution in [3.05, 3.63) is 131 Å². The third-order valence-corrected chi connectivity index (χ3v) is 7.79. The Balaban J connectivity index is 1.20. The van der Waals surface area contributed by atoms with E-state index in [4.69, 9.17) is 0 Å². The lowest BCUT2D eigenvalue weighted by molar-refractivity contribution is -0.123. The van der Waals surface area contributed by atoms with E-state index in [1.807, 2.05) is 68.6 Å². The summed E-state index contributed by atoms with van der Waals surface area (Å²) in [7, 11) is 0. The Morgan fingerprint density at radius 3 is 2.44 bits per heavy atom. The number of fused-ring (bicyclic) bond motifs is 1. The lowest BCUT2D eigenvalue weighted by Crippen LogP contribution is -2.47. The number of H-pyrrole nitrogens is 1. The molecule has 232 valence electrons. The first-order valence-corrected chi connectivity index (χ1v) is 15.5. The molecule has 2 atom stereocenters. The summed E-state index contributed by atoms with van der Waals surface area (Å²) in [5, 5.41) is 15.1. The standard InChI is InChI=1S/C36H41N7O2/c1-25-12-17-30(41-21-25)23-37-18-6-11-33(36(45)42-26(2)31-10-5-8-28-7-3-4-9-32(28)31)43-35(44)29-15-13-27(14-16-29)22-38-24-34-39-19-20-40-34/h3-5,7-10,12-17,19-21,26,33,37-38H,6,11,18,22-24H2,1-2H3,(H,39,40)(H,42,45)(H,43,44)/t26-,33-/m0/s1. The van der Waals surface area contributed by atoms with Gasteiger partial charge in [-0.25, -0.2) is 4.98 Å². The van der Waals surface area contributed by atoms with Gasteiger partial charge in [-0.2, -0.15) is 0 Å². The van der Waals surface area contributed by atoms with Gasteiger partial charge in [0, 0.05) is 37.2 Å². The molecule has 5 N–H and O–H groups in total. The summed E-state index contributed by atoms with van der Waals surface area (Å²) in [5.74, 6) is 0.384. The fourth-order valence-electron chi connectivity index (χ4n) is 5.27. The molecular formula is C36H41N7O2. The van der Waals surface area contributed by atoms with Gasteiger partial charge in [0.2, 0.25) is 5.91 Å². The first-order chi connectivity index (χ1) is 22.0. The second kappa shape index (κ2) is 15.7. The lowest BCUT2D eigenvalue weighted by atomic mass is 9.99. The third kappa shape index (κ3) is 9.07. The Bertz CT molecular complexity index is 1660. The molecule has 0 aliphatic heterocycles. The number of aryl methyl sites for hydroxylation is 1. The van der Waals surface area contributed by atoms with E-state index >= 15 is 0 Å². The molecule has 0 bridgehead atoms. The number of pyridine rings is 1. The summed E-state index contributed by atoms with van der Waals surface area (Å²) in [6.07, 6.45) is 6.56. The average Bonchev–Trinajstić information content (AvgIpc) is 3.58. The van der Waals surface area contributed by atoms with E-state index in [9.17, 15) is 9.59 Å². The number of aromatic nitrogens is 3. The van der Waals surface area contributed by atoms with Crippen LogP contribution in [0.3, 0.4) is 0 Å². The molecule has 5 aromatic rings. The number of benzene rings is 3. The zero-order valence-electron chi connectivity index (χ0n) is 25.8. The van der Waals surface area contributed by atoms with Gasteiger partial charge in [-0.15, -0.1) is 0 Å². The highest BCUT2D eigenvalue weighted by Gasteiger charge is 2.23. The molecule has 45 heavy (non-hydrogen) atoms. The molecule has 0 radical (unpaired) electrons. The molecule has 0 saturated heterocycles. The van der Waals surface area contributed by atoms with Crippen LogP contribution in [0.25, 0.3) is 10.8 Å². The molecule has 0 unspecified atom stereocenters. The van der Waals surface area contributed by atoms with E-state index in [0.29, 0.717) is 44.6 Å². The Hall–Kier alpha value is -4.86. The molecule has 2 aromatic heterocycles. The molecule has 0 spiro atoms. The SMILES string of the molecule is Cc1ccc(CNCCC[C@H](NC(=O)c2ccc(CNCc3ncc[nH]3)cc2)C(=O)N[C@@H](C)c2cccc3ccccc23)nc1. The highest BCUT2D eigenvalue weighted by molar-refractivity contribution is 5.97.